The lowest BCUT2D eigenvalue weighted by Crippen LogP contribution is -2.39. The third kappa shape index (κ3) is 4.32. The molecule has 5 nitrogen and oxygen atoms in total. The van der Waals surface area contributed by atoms with Crippen LogP contribution in [-0.2, 0) is 11.8 Å². The summed E-state index contributed by atoms with van der Waals surface area (Å²) in [6.07, 6.45) is 2.95. The third-order valence-corrected chi connectivity index (χ3v) is 4.56. The lowest BCUT2D eigenvalue weighted by atomic mass is 10.1. The molecule has 26 heavy (non-hydrogen) atoms. The highest BCUT2D eigenvalue weighted by atomic mass is 79.9. The minimum absolute atomic E-state index is 0.204. The first-order valence-corrected chi connectivity index (χ1v) is 9.08. The minimum Gasteiger partial charge on any atom is -0.481 e. The molecule has 1 amide bonds. The second-order valence-corrected chi connectivity index (χ2v) is 6.88. The molecule has 1 aromatic heterocycles. The standard InChI is InChI=1S/C20H20BrN3O2/c1-14(26-17-10-8-16(21)9-11-17)20(25)23-18(15-6-4-3-5-7-15)19-22-12-13-24(19)2/h3-14,18H,1-2H3,(H,23,25). The van der Waals surface area contributed by atoms with Crippen LogP contribution in [0.4, 0.5) is 0 Å². The van der Waals surface area contributed by atoms with Crippen LogP contribution in [0.5, 0.6) is 5.75 Å². The van der Waals surface area contributed by atoms with E-state index in [-0.39, 0.29) is 11.9 Å². The number of carbonyl (C=O) groups is 1. The highest BCUT2D eigenvalue weighted by Crippen LogP contribution is 2.21. The minimum atomic E-state index is -0.636. The Kier molecular flexibility index (Phi) is 5.73. The lowest BCUT2D eigenvalue weighted by Gasteiger charge is -2.22. The molecule has 0 spiro atoms. The van der Waals surface area contributed by atoms with E-state index in [9.17, 15) is 4.79 Å². The first kappa shape index (κ1) is 18.2. The Morgan fingerprint density at radius 3 is 2.46 bits per heavy atom. The quantitative estimate of drug-likeness (QED) is 0.667. The SMILES string of the molecule is CC(Oc1ccc(Br)cc1)C(=O)NC(c1ccccc1)c1nccn1C. The fraction of sp³-hybridized carbons (Fsp3) is 0.200. The maximum absolute atomic E-state index is 12.7. The van der Waals surface area contributed by atoms with E-state index in [0.717, 1.165) is 15.9 Å². The van der Waals surface area contributed by atoms with Crippen LogP contribution in [0.1, 0.15) is 24.4 Å². The molecule has 6 heteroatoms. The van der Waals surface area contributed by atoms with Crippen molar-refractivity contribution in [3.05, 3.63) is 82.9 Å². The van der Waals surface area contributed by atoms with Crippen molar-refractivity contribution in [2.24, 2.45) is 7.05 Å². The van der Waals surface area contributed by atoms with Gasteiger partial charge in [0.25, 0.3) is 5.91 Å². The van der Waals surface area contributed by atoms with Gasteiger partial charge in [-0.25, -0.2) is 4.98 Å². The first-order valence-electron chi connectivity index (χ1n) is 8.29. The maximum Gasteiger partial charge on any atom is 0.261 e. The number of imidazole rings is 1. The fourth-order valence-corrected chi connectivity index (χ4v) is 2.89. The van der Waals surface area contributed by atoms with E-state index in [1.807, 2.05) is 72.4 Å². The Balaban J connectivity index is 1.77. The number of aromatic nitrogens is 2. The topological polar surface area (TPSA) is 56.1 Å². The molecule has 2 aromatic carbocycles. The number of nitrogens with one attached hydrogen (secondary N) is 1. The molecule has 0 aliphatic rings. The number of hydrogen-bond donors (Lipinski definition) is 1. The van der Waals surface area contributed by atoms with Gasteiger partial charge in [0.1, 0.15) is 17.6 Å². The predicted octanol–water partition coefficient (Wildman–Crippen LogP) is 3.86. The summed E-state index contributed by atoms with van der Waals surface area (Å²) in [6.45, 7) is 1.73. The molecule has 0 radical (unpaired) electrons. The van der Waals surface area contributed by atoms with Crippen molar-refractivity contribution in [2.45, 2.75) is 19.1 Å². The van der Waals surface area contributed by atoms with Gasteiger partial charge in [0.2, 0.25) is 0 Å². The Morgan fingerprint density at radius 1 is 1.15 bits per heavy atom. The number of hydrogen-bond acceptors (Lipinski definition) is 3. The molecule has 3 rings (SSSR count). The average molecular weight is 414 g/mol. The number of carbonyl (C=O) groups excluding carboxylic acids is 1. The molecule has 0 aliphatic heterocycles. The van der Waals surface area contributed by atoms with Crippen molar-refractivity contribution in [2.75, 3.05) is 0 Å². The van der Waals surface area contributed by atoms with E-state index in [1.54, 1.807) is 13.1 Å². The van der Waals surface area contributed by atoms with Gasteiger partial charge in [0, 0.05) is 23.9 Å². The molecule has 0 bridgehead atoms. The summed E-state index contributed by atoms with van der Waals surface area (Å²) in [5, 5.41) is 3.05. The normalized spacial score (nSPS) is 13.0. The summed E-state index contributed by atoms with van der Waals surface area (Å²) in [7, 11) is 1.91. The highest BCUT2D eigenvalue weighted by molar-refractivity contribution is 9.10. The molecular formula is C20H20BrN3O2. The average Bonchev–Trinajstić information content (AvgIpc) is 3.07. The van der Waals surface area contributed by atoms with Crippen LogP contribution in [0, 0.1) is 0 Å². The lowest BCUT2D eigenvalue weighted by molar-refractivity contribution is -0.127. The number of nitrogens with zero attached hydrogens (tertiary/aromatic N) is 2. The van der Waals surface area contributed by atoms with Gasteiger partial charge in [-0.1, -0.05) is 46.3 Å². The Labute approximate surface area is 161 Å². The molecule has 134 valence electrons. The summed E-state index contributed by atoms with van der Waals surface area (Å²) >= 11 is 3.38. The highest BCUT2D eigenvalue weighted by Gasteiger charge is 2.24. The summed E-state index contributed by atoms with van der Waals surface area (Å²) < 4.78 is 8.62. The van der Waals surface area contributed by atoms with Crippen LogP contribution in [0.15, 0.2) is 71.5 Å². The first-order chi connectivity index (χ1) is 12.5. The molecule has 0 fully saturated rings. The van der Waals surface area contributed by atoms with E-state index in [0.29, 0.717) is 5.75 Å². The molecule has 2 unspecified atom stereocenters. The fourth-order valence-electron chi connectivity index (χ4n) is 2.63. The molecule has 2 atom stereocenters. The largest absolute Gasteiger partial charge is 0.481 e. The molecule has 3 aromatic rings. The van der Waals surface area contributed by atoms with E-state index in [4.69, 9.17) is 4.74 Å². The Bertz CT molecular complexity index is 862. The Hall–Kier alpha value is -2.60. The molecular weight excluding hydrogens is 394 g/mol. The van der Waals surface area contributed by atoms with E-state index >= 15 is 0 Å². The molecule has 1 heterocycles. The second kappa shape index (κ2) is 8.19. The van der Waals surface area contributed by atoms with Crippen LogP contribution >= 0.6 is 15.9 Å². The van der Waals surface area contributed by atoms with Crippen molar-refractivity contribution in [1.82, 2.24) is 14.9 Å². The predicted molar refractivity (Wildman–Crippen MR) is 104 cm³/mol. The van der Waals surface area contributed by atoms with Crippen LogP contribution in [0.3, 0.4) is 0 Å². The van der Waals surface area contributed by atoms with Gasteiger partial charge in [-0.05, 0) is 36.8 Å². The van der Waals surface area contributed by atoms with Gasteiger partial charge >= 0.3 is 0 Å². The summed E-state index contributed by atoms with van der Waals surface area (Å²) in [5.41, 5.74) is 0.964. The second-order valence-electron chi connectivity index (χ2n) is 5.96. The zero-order valence-corrected chi connectivity index (χ0v) is 16.2. The zero-order valence-electron chi connectivity index (χ0n) is 14.6. The number of amides is 1. The van der Waals surface area contributed by atoms with Gasteiger partial charge in [-0.3, -0.25) is 4.79 Å². The van der Waals surface area contributed by atoms with Gasteiger partial charge in [0.15, 0.2) is 6.10 Å². The van der Waals surface area contributed by atoms with Crippen LogP contribution < -0.4 is 10.1 Å². The number of halogens is 1. The van der Waals surface area contributed by atoms with E-state index in [2.05, 4.69) is 26.2 Å². The van der Waals surface area contributed by atoms with Gasteiger partial charge in [-0.15, -0.1) is 0 Å². The molecule has 0 saturated carbocycles. The van der Waals surface area contributed by atoms with Crippen LogP contribution in [0.2, 0.25) is 0 Å². The van der Waals surface area contributed by atoms with Crippen LogP contribution in [-0.4, -0.2) is 21.6 Å². The molecule has 0 saturated heterocycles. The summed E-state index contributed by atoms with van der Waals surface area (Å²) in [4.78, 5) is 17.1. The monoisotopic (exact) mass is 413 g/mol. The van der Waals surface area contributed by atoms with E-state index in [1.165, 1.54) is 0 Å². The van der Waals surface area contributed by atoms with E-state index < -0.39 is 6.10 Å². The summed E-state index contributed by atoms with van der Waals surface area (Å²) in [6, 6.07) is 16.8. The van der Waals surface area contributed by atoms with Crippen molar-refractivity contribution in [1.29, 1.82) is 0 Å². The van der Waals surface area contributed by atoms with Gasteiger partial charge in [0.05, 0.1) is 0 Å². The number of benzene rings is 2. The number of aryl methyl sites for hydroxylation is 1. The van der Waals surface area contributed by atoms with Gasteiger partial charge < -0.3 is 14.6 Å². The summed E-state index contributed by atoms with van der Waals surface area (Å²) in [5.74, 6) is 1.20. The van der Waals surface area contributed by atoms with Crippen molar-refractivity contribution in [3.8, 4) is 5.75 Å². The number of rotatable bonds is 6. The molecule has 1 N–H and O–H groups in total. The zero-order chi connectivity index (χ0) is 18.5. The third-order valence-electron chi connectivity index (χ3n) is 4.03. The Morgan fingerprint density at radius 2 is 1.85 bits per heavy atom. The smallest absolute Gasteiger partial charge is 0.261 e. The van der Waals surface area contributed by atoms with Crippen molar-refractivity contribution < 1.29 is 9.53 Å². The van der Waals surface area contributed by atoms with Crippen molar-refractivity contribution in [3.63, 3.8) is 0 Å². The maximum atomic E-state index is 12.7. The number of ether oxygens (including phenoxy) is 1. The van der Waals surface area contributed by atoms with Gasteiger partial charge in [-0.2, -0.15) is 0 Å². The van der Waals surface area contributed by atoms with Crippen LogP contribution in [0.25, 0.3) is 0 Å². The van der Waals surface area contributed by atoms with Crippen molar-refractivity contribution >= 4 is 21.8 Å². The molecule has 0 aliphatic carbocycles.